The van der Waals surface area contributed by atoms with Crippen LogP contribution in [0.2, 0.25) is 0 Å². The van der Waals surface area contributed by atoms with Gasteiger partial charge in [-0.05, 0) is 42.5 Å². The topological polar surface area (TPSA) is 121 Å². The molecule has 0 saturated heterocycles. The first-order valence-electron chi connectivity index (χ1n) is 10.8. The van der Waals surface area contributed by atoms with Crippen molar-refractivity contribution in [3.8, 4) is 28.3 Å². The lowest BCUT2D eigenvalue weighted by molar-refractivity contribution is -0.384. The number of para-hydroxylation sites is 1. The van der Waals surface area contributed by atoms with Crippen molar-refractivity contribution in [1.29, 1.82) is 0 Å². The monoisotopic (exact) mass is 493 g/mol. The SMILES string of the molecule is O=c1/c(=C/c2cn(-c3ccccc3)nc2-c2ccc([N+](=O)[O-])cc2)sc2nc(-c3ccncc3)nn12. The normalized spacial score (nSPS) is 11.8. The molecule has 10 nitrogen and oxygen atoms in total. The first-order chi connectivity index (χ1) is 17.6. The molecule has 0 bridgehead atoms. The van der Waals surface area contributed by atoms with E-state index in [1.807, 2.05) is 36.5 Å². The lowest BCUT2D eigenvalue weighted by atomic mass is 10.1. The number of hydrogen-bond donors (Lipinski definition) is 0. The third-order valence-electron chi connectivity index (χ3n) is 5.52. The second-order valence-electron chi connectivity index (χ2n) is 7.80. The Bertz CT molecular complexity index is 1830. The van der Waals surface area contributed by atoms with Crippen LogP contribution in [0.5, 0.6) is 0 Å². The van der Waals surface area contributed by atoms with E-state index in [0.29, 0.717) is 32.1 Å². The van der Waals surface area contributed by atoms with E-state index in [2.05, 4.69) is 15.1 Å². The summed E-state index contributed by atoms with van der Waals surface area (Å²) in [5, 5.41) is 20.2. The number of fused-ring (bicyclic) bond motifs is 1. The van der Waals surface area contributed by atoms with Gasteiger partial charge in [0.15, 0.2) is 5.82 Å². The summed E-state index contributed by atoms with van der Waals surface area (Å²) in [6, 6.07) is 19.3. The van der Waals surface area contributed by atoms with Gasteiger partial charge in [0.1, 0.15) is 5.69 Å². The van der Waals surface area contributed by atoms with E-state index in [4.69, 9.17) is 5.10 Å². The summed E-state index contributed by atoms with van der Waals surface area (Å²) in [6.45, 7) is 0. The Morgan fingerprint density at radius 3 is 2.36 bits per heavy atom. The van der Waals surface area contributed by atoms with Crippen LogP contribution >= 0.6 is 11.3 Å². The number of hydrogen-bond acceptors (Lipinski definition) is 8. The molecule has 0 N–H and O–H groups in total. The predicted octanol–water partition coefficient (Wildman–Crippen LogP) is 3.52. The summed E-state index contributed by atoms with van der Waals surface area (Å²) in [6.07, 6.45) is 6.86. The summed E-state index contributed by atoms with van der Waals surface area (Å²) in [7, 11) is 0. The maximum Gasteiger partial charge on any atom is 0.291 e. The molecular weight excluding hydrogens is 478 g/mol. The minimum atomic E-state index is -0.447. The van der Waals surface area contributed by atoms with Crippen molar-refractivity contribution < 1.29 is 4.92 Å². The highest BCUT2D eigenvalue weighted by atomic mass is 32.1. The van der Waals surface area contributed by atoms with Gasteiger partial charge in [0.25, 0.3) is 11.2 Å². The lowest BCUT2D eigenvalue weighted by Crippen LogP contribution is -2.23. The van der Waals surface area contributed by atoms with Gasteiger partial charge in [-0.3, -0.25) is 19.9 Å². The molecule has 0 amide bonds. The summed E-state index contributed by atoms with van der Waals surface area (Å²) in [4.78, 5) is 32.8. The number of nitro benzene ring substituents is 1. The highest BCUT2D eigenvalue weighted by Crippen LogP contribution is 2.26. The van der Waals surface area contributed by atoms with Crippen LogP contribution in [0, 0.1) is 10.1 Å². The van der Waals surface area contributed by atoms with Crippen LogP contribution in [0.4, 0.5) is 5.69 Å². The van der Waals surface area contributed by atoms with Crippen molar-refractivity contribution in [3.05, 3.63) is 116 Å². The van der Waals surface area contributed by atoms with E-state index in [9.17, 15) is 14.9 Å². The van der Waals surface area contributed by atoms with Crippen molar-refractivity contribution in [2.75, 3.05) is 0 Å². The van der Waals surface area contributed by atoms with Gasteiger partial charge in [-0.15, -0.1) is 5.10 Å². The maximum absolute atomic E-state index is 13.1. The van der Waals surface area contributed by atoms with E-state index in [1.54, 1.807) is 47.4 Å². The molecular formula is C25H15N7O3S. The summed E-state index contributed by atoms with van der Waals surface area (Å²) in [5.74, 6) is 0.454. The Labute approximate surface area is 206 Å². The van der Waals surface area contributed by atoms with Crippen molar-refractivity contribution in [2.45, 2.75) is 0 Å². The Hall–Kier alpha value is -5.03. The van der Waals surface area contributed by atoms with E-state index in [-0.39, 0.29) is 11.2 Å². The molecule has 174 valence electrons. The largest absolute Gasteiger partial charge is 0.291 e. The second-order valence-corrected chi connectivity index (χ2v) is 8.81. The molecule has 0 aliphatic carbocycles. The molecule has 2 aromatic carbocycles. The van der Waals surface area contributed by atoms with Crippen LogP contribution in [0.25, 0.3) is 39.4 Å². The average molecular weight is 494 g/mol. The number of rotatable bonds is 5. The fraction of sp³-hybridized carbons (Fsp3) is 0. The van der Waals surface area contributed by atoms with Gasteiger partial charge in [-0.2, -0.15) is 14.6 Å². The third kappa shape index (κ3) is 3.83. The zero-order valence-corrected chi connectivity index (χ0v) is 19.2. The second kappa shape index (κ2) is 8.64. The quantitative estimate of drug-likeness (QED) is 0.266. The highest BCUT2D eigenvalue weighted by Gasteiger charge is 2.16. The molecule has 0 saturated carbocycles. The first-order valence-corrected chi connectivity index (χ1v) is 11.6. The van der Waals surface area contributed by atoms with Crippen LogP contribution in [0.3, 0.4) is 0 Å². The zero-order valence-electron chi connectivity index (χ0n) is 18.4. The fourth-order valence-corrected chi connectivity index (χ4v) is 4.67. The molecule has 0 aliphatic heterocycles. The molecule has 4 aromatic heterocycles. The molecule has 6 rings (SSSR count). The predicted molar refractivity (Wildman–Crippen MR) is 135 cm³/mol. The average Bonchev–Trinajstić information content (AvgIpc) is 3.60. The molecule has 0 radical (unpaired) electrons. The third-order valence-corrected chi connectivity index (χ3v) is 6.48. The number of aromatic nitrogens is 6. The lowest BCUT2D eigenvalue weighted by Gasteiger charge is -2.00. The molecule has 0 atom stereocenters. The number of nitrogens with zero attached hydrogens (tertiary/aromatic N) is 7. The molecule has 0 aliphatic rings. The smallest absolute Gasteiger partial charge is 0.266 e. The van der Waals surface area contributed by atoms with Crippen molar-refractivity contribution in [3.63, 3.8) is 0 Å². The number of nitro groups is 1. The van der Waals surface area contributed by atoms with Crippen LogP contribution in [-0.2, 0) is 0 Å². The molecule has 6 aromatic rings. The summed E-state index contributed by atoms with van der Waals surface area (Å²) in [5.41, 5.74) is 3.28. The molecule has 11 heteroatoms. The Kier molecular flexibility index (Phi) is 5.16. The number of thiazole rings is 1. The van der Waals surface area contributed by atoms with Gasteiger partial charge in [0.2, 0.25) is 4.96 Å². The van der Waals surface area contributed by atoms with Crippen molar-refractivity contribution in [2.24, 2.45) is 0 Å². The molecule has 0 fully saturated rings. The van der Waals surface area contributed by atoms with Crippen LogP contribution < -0.4 is 10.1 Å². The van der Waals surface area contributed by atoms with Gasteiger partial charge < -0.3 is 0 Å². The van der Waals surface area contributed by atoms with Gasteiger partial charge in [-0.1, -0.05) is 29.5 Å². The first kappa shape index (κ1) is 21.5. The maximum atomic E-state index is 13.1. The number of benzene rings is 2. The standard InChI is InChI=1S/C25H15N7O3S/c33-24-21(36-25-27-23(29-31(24)25)17-10-12-26-13-11-17)14-18-15-30(19-4-2-1-3-5-19)28-22(18)16-6-8-20(9-7-16)32(34)35/h1-15H/b21-14-. The summed E-state index contributed by atoms with van der Waals surface area (Å²) >= 11 is 1.23. The van der Waals surface area contributed by atoms with Crippen LogP contribution in [-0.4, -0.2) is 34.3 Å². The van der Waals surface area contributed by atoms with E-state index in [0.717, 1.165) is 11.3 Å². The Morgan fingerprint density at radius 1 is 0.917 bits per heavy atom. The van der Waals surface area contributed by atoms with Crippen molar-refractivity contribution >= 4 is 28.1 Å². The van der Waals surface area contributed by atoms with Crippen molar-refractivity contribution in [1.82, 2.24) is 29.4 Å². The van der Waals surface area contributed by atoms with Gasteiger partial charge in [0, 0.05) is 47.4 Å². The van der Waals surface area contributed by atoms with E-state index in [1.165, 1.54) is 28.0 Å². The van der Waals surface area contributed by atoms with E-state index < -0.39 is 4.92 Å². The van der Waals surface area contributed by atoms with Gasteiger partial charge in [0.05, 0.1) is 15.1 Å². The van der Waals surface area contributed by atoms with Gasteiger partial charge >= 0.3 is 0 Å². The number of non-ortho nitro benzene ring substituents is 1. The van der Waals surface area contributed by atoms with Gasteiger partial charge in [-0.25, -0.2) is 4.68 Å². The zero-order chi connectivity index (χ0) is 24.6. The molecule has 0 spiro atoms. The number of pyridine rings is 1. The highest BCUT2D eigenvalue weighted by molar-refractivity contribution is 7.15. The van der Waals surface area contributed by atoms with Crippen LogP contribution in [0.15, 0.2) is 90.1 Å². The fourth-order valence-electron chi connectivity index (χ4n) is 3.77. The summed E-state index contributed by atoms with van der Waals surface area (Å²) < 4.78 is 3.45. The Balaban J connectivity index is 1.48. The minimum absolute atomic E-state index is 0.0100. The molecule has 4 heterocycles. The molecule has 0 unspecified atom stereocenters. The van der Waals surface area contributed by atoms with E-state index >= 15 is 0 Å². The van der Waals surface area contributed by atoms with Crippen LogP contribution in [0.1, 0.15) is 5.56 Å². The Morgan fingerprint density at radius 2 is 1.67 bits per heavy atom. The minimum Gasteiger partial charge on any atom is -0.266 e. The molecule has 36 heavy (non-hydrogen) atoms.